The monoisotopic (exact) mass is 272 g/mol. The maximum absolute atomic E-state index is 6.52. The fourth-order valence-corrected chi connectivity index (χ4v) is 2.98. The molecule has 0 radical (unpaired) electrons. The Balaban J connectivity index is 2.41. The van der Waals surface area contributed by atoms with Crippen molar-refractivity contribution in [1.82, 2.24) is 4.90 Å². The fourth-order valence-electron chi connectivity index (χ4n) is 2.98. The van der Waals surface area contributed by atoms with Crippen LogP contribution in [0.5, 0.6) is 0 Å². The van der Waals surface area contributed by atoms with Crippen molar-refractivity contribution in [3.8, 4) is 0 Å². The Morgan fingerprint density at radius 1 is 1.11 bits per heavy atom. The van der Waals surface area contributed by atoms with Crippen molar-refractivity contribution in [2.24, 2.45) is 5.73 Å². The van der Waals surface area contributed by atoms with Crippen molar-refractivity contribution in [3.63, 3.8) is 0 Å². The molecule has 1 saturated carbocycles. The Labute approximate surface area is 118 Å². The molecule has 4 heteroatoms. The van der Waals surface area contributed by atoms with E-state index < -0.39 is 0 Å². The molecule has 4 nitrogen and oxygen atoms in total. The first kappa shape index (κ1) is 16.9. The highest BCUT2D eigenvalue weighted by molar-refractivity contribution is 4.88. The predicted molar refractivity (Wildman–Crippen MR) is 79.4 cm³/mol. The van der Waals surface area contributed by atoms with Crippen molar-refractivity contribution >= 4 is 0 Å². The molecule has 0 aromatic heterocycles. The third-order valence-electron chi connectivity index (χ3n) is 4.36. The van der Waals surface area contributed by atoms with E-state index in [1.807, 2.05) is 0 Å². The van der Waals surface area contributed by atoms with Gasteiger partial charge in [-0.2, -0.15) is 0 Å². The van der Waals surface area contributed by atoms with Gasteiger partial charge in [0, 0.05) is 38.9 Å². The van der Waals surface area contributed by atoms with Crippen molar-refractivity contribution in [2.75, 3.05) is 40.5 Å². The molecule has 114 valence electrons. The maximum atomic E-state index is 6.52. The molecule has 0 amide bonds. The van der Waals surface area contributed by atoms with E-state index >= 15 is 0 Å². The van der Waals surface area contributed by atoms with E-state index in [0.29, 0.717) is 6.04 Å². The molecular weight excluding hydrogens is 240 g/mol. The van der Waals surface area contributed by atoms with Gasteiger partial charge in [-0.1, -0.05) is 19.3 Å². The minimum absolute atomic E-state index is 0.0658. The number of methoxy groups -OCH3 is 2. The summed E-state index contributed by atoms with van der Waals surface area (Å²) < 4.78 is 10.5. The SMILES string of the molecule is COCCN(CCC1(N)CCCCC1)C(C)COC. The van der Waals surface area contributed by atoms with Crippen LogP contribution in [-0.2, 0) is 9.47 Å². The van der Waals surface area contributed by atoms with Crippen LogP contribution in [0.15, 0.2) is 0 Å². The summed E-state index contributed by atoms with van der Waals surface area (Å²) in [5.74, 6) is 0. The summed E-state index contributed by atoms with van der Waals surface area (Å²) in [6, 6.07) is 0.423. The minimum atomic E-state index is 0.0658. The van der Waals surface area contributed by atoms with Crippen molar-refractivity contribution in [2.45, 2.75) is 57.0 Å². The Kier molecular flexibility index (Phi) is 7.91. The second-order valence-electron chi connectivity index (χ2n) is 6.01. The third-order valence-corrected chi connectivity index (χ3v) is 4.36. The lowest BCUT2D eigenvalue weighted by Crippen LogP contribution is -2.47. The standard InChI is InChI=1S/C15H32N2O2/c1-14(13-19-3)17(11-12-18-2)10-9-15(16)7-5-4-6-8-15/h14H,4-13,16H2,1-3H3. The first-order chi connectivity index (χ1) is 9.11. The summed E-state index contributed by atoms with van der Waals surface area (Å²) in [5, 5.41) is 0. The average Bonchev–Trinajstić information content (AvgIpc) is 2.40. The number of rotatable bonds is 9. The molecular formula is C15H32N2O2. The van der Waals surface area contributed by atoms with Crippen LogP contribution in [0.1, 0.15) is 45.4 Å². The van der Waals surface area contributed by atoms with Gasteiger partial charge in [0.1, 0.15) is 0 Å². The van der Waals surface area contributed by atoms with Crippen LogP contribution in [-0.4, -0.2) is 57.0 Å². The number of hydrogen-bond donors (Lipinski definition) is 1. The van der Waals surface area contributed by atoms with Crippen LogP contribution in [0.2, 0.25) is 0 Å². The van der Waals surface area contributed by atoms with Crippen molar-refractivity contribution in [1.29, 1.82) is 0 Å². The molecule has 19 heavy (non-hydrogen) atoms. The van der Waals surface area contributed by atoms with Gasteiger partial charge in [-0.05, 0) is 26.2 Å². The summed E-state index contributed by atoms with van der Waals surface area (Å²) in [6.07, 6.45) is 7.40. The van der Waals surface area contributed by atoms with Gasteiger partial charge in [-0.3, -0.25) is 4.90 Å². The van der Waals surface area contributed by atoms with Crippen LogP contribution in [0.3, 0.4) is 0 Å². The molecule has 0 aromatic carbocycles. The van der Waals surface area contributed by atoms with Gasteiger partial charge in [0.2, 0.25) is 0 Å². The van der Waals surface area contributed by atoms with E-state index in [-0.39, 0.29) is 5.54 Å². The average molecular weight is 272 g/mol. The van der Waals surface area contributed by atoms with Crippen LogP contribution in [0, 0.1) is 0 Å². The summed E-state index contributed by atoms with van der Waals surface area (Å²) in [6.45, 7) is 5.75. The van der Waals surface area contributed by atoms with Gasteiger partial charge >= 0.3 is 0 Å². The van der Waals surface area contributed by atoms with Crippen LogP contribution in [0.4, 0.5) is 0 Å². The van der Waals surface area contributed by atoms with Gasteiger partial charge in [0.15, 0.2) is 0 Å². The summed E-state index contributed by atoms with van der Waals surface area (Å²) in [4.78, 5) is 2.44. The molecule has 1 rings (SSSR count). The minimum Gasteiger partial charge on any atom is -0.383 e. The summed E-state index contributed by atoms with van der Waals surface area (Å²) in [5.41, 5.74) is 6.59. The summed E-state index contributed by atoms with van der Waals surface area (Å²) in [7, 11) is 3.52. The number of ether oxygens (including phenoxy) is 2. The van der Waals surface area contributed by atoms with E-state index in [1.165, 1.54) is 32.1 Å². The van der Waals surface area contributed by atoms with E-state index in [0.717, 1.165) is 32.7 Å². The molecule has 0 bridgehead atoms. The van der Waals surface area contributed by atoms with Gasteiger partial charge in [0.05, 0.1) is 13.2 Å². The van der Waals surface area contributed by atoms with Crippen LogP contribution < -0.4 is 5.73 Å². The van der Waals surface area contributed by atoms with E-state index in [2.05, 4.69) is 11.8 Å². The zero-order valence-electron chi connectivity index (χ0n) is 13.0. The zero-order valence-corrected chi connectivity index (χ0v) is 13.0. The van der Waals surface area contributed by atoms with Gasteiger partial charge in [-0.25, -0.2) is 0 Å². The smallest absolute Gasteiger partial charge is 0.0615 e. The maximum Gasteiger partial charge on any atom is 0.0615 e. The molecule has 0 aromatic rings. The lowest BCUT2D eigenvalue weighted by molar-refractivity contribution is 0.0678. The molecule has 1 fully saturated rings. The molecule has 0 saturated heterocycles. The molecule has 1 unspecified atom stereocenters. The normalized spacial score (nSPS) is 20.7. The fraction of sp³-hybridized carbons (Fsp3) is 1.00. The van der Waals surface area contributed by atoms with Crippen LogP contribution in [0.25, 0.3) is 0 Å². The van der Waals surface area contributed by atoms with Crippen molar-refractivity contribution < 1.29 is 9.47 Å². The predicted octanol–water partition coefficient (Wildman–Crippen LogP) is 2.02. The lowest BCUT2D eigenvalue weighted by atomic mass is 9.80. The highest BCUT2D eigenvalue weighted by atomic mass is 16.5. The highest BCUT2D eigenvalue weighted by Crippen LogP contribution is 2.28. The van der Waals surface area contributed by atoms with Gasteiger partial charge < -0.3 is 15.2 Å². The topological polar surface area (TPSA) is 47.7 Å². The molecule has 1 atom stereocenters. The van der Waals surface area contributed by atoms with Crippen molar-refractivity contribution in [3.05, 3.63) is 0 Å². The first-order valence-corrected chi connectivity index (χ1v) is 7.62. The van der Waals surface area contributed by atoms with Gasteiger partial charge in [-0.15, -0.1) is 0 Å². The second-order valence-corrected chi connectivity index (χ2v) is 6.01. The summed E-state index contributed by atoms with van der Waals surface area (Å²) >= 11 is 0. The van der Waals surface area contributed by atoms with E-state index in [9.17, 15) is 0 Å². The van der Waals surface area contributed by atoms with E-state index in [4.69, 9.17) is 15.2 Å². The Hall–Kier alpha value is -0.160. The first-order valence-electron chi connectivity index (χ1n) is 7.62. The molecule has 1 aliphatic carbocycles. The Bertz CT molecular complexity index is 230. The third kappa shape index (κ3) is 6.21. The number of nitrogens with two attached hydrogens (primary N) is 1. The number of hydrogen-bond acceptors (Lipinski definition) is 4. The number of nitrogens with zero attached hydrogens (tertiary/aromatic N) is 1. The quantitative estimate of drug-likeness (QED) is 0.697. The Morgan fingerprint density at radius 3 is 2.37 bits per heavy atom. The largest absolute Gasteiger partial charge is 0.383 e. The lowest BCUT2D eigenvalue weighted by Gasteiger charge is -2.37. The molecule has 0 spiro atoms. The molecule has 2 N–H and O–H groups in total. The molecule has 1 aliphatic rings. The van der Waals surface area contributed by atoms with Gasteiger partial charge in [0.25, 0.3) is 0 Å². The molecule has 0 heterocycles. The Morgan fingerprint density at radius 2 is 1.79 bits per heavy atom. The van der Waals surface area contributed by atoms with E-state index in [1.54, 1.807) is 14.2 Å². The second kappa shape index (κ2) is 8.90. The highest BCUT2D eigenvalue weighted by Gasteiger charge is 2.28. The zero-order chi connectivity index (χ0) is 14.1. The van der Waals surface area contributed by atoms with Crippen LogP contribution >= 0.6 is 0 Å². The molecule has 0 aliphatic heterocycles.